The van der Waals surface area contributed by atoms with E-state index in [0.29, 0.717) is 22.0 Å². The Morgan fingerprint density at radius 1 is 0.974 bits per heavy atom. The molecule has 6 nitrogen and oxygen atoms in total. The van der Waals surface area contributed by atoms with E-state index in [-0.39, 0.29) is 11.5 Å². The summed E-state index contributed by atoms with van der Waals surface area (Å²) in [6.45, 7) is -0.184. The van der Waals surface area contributed by atoms with E-state index in [9.17, 15) is 18.8 Å². The highest BCUT2D eigenvalue weighted by Crippen LogP contribution is 2.37. The summed E-state index contributed by atoms with van der Waals surface area (Å²) in [4.78, 5) is 39.3. The Morgan fingerprint density at radius 2 is 1.71 bits per heavy atom. The second kappa shape index (κ2) is 11.1. The van der Waals surface area contributed by atoms with Gasteiger partial charge in [-0.1, -0.05) is 54.1 Å². The molecule has 38 heavy (non-hydrogen) atoms. The number of nitrogens with one attached hydrogen (secondary N) is 1. The van der Waals surface area contributed by atoms with Crippen molar-refractivity contribution >= 4 is 63.0 Å². The van der Waals surface area contributed by atoms with Crippen LogP contribution in [0.5, 0.6) is 5.75 Å². The van der Waals surface area contributed by atoms with Crippen molar-refractivity contribution in [1.29, 1.82) is 0 Å². The number of nitrogens with zero attached hydrogens (tertiary/aromatic N) is 1. The summed E-state index contributed by atoms with van der Waals surface area (Å²) in [6.07, 6.45) is 1.63. The molecule has 190 valence electrons. The number of halogens is 2. The summed E-state index contributed by atoms with van der Waals surface area (Å²) in [5.74, 6) is -1.05. The standard InChI is InChI=1S/C29H20ClFN2O4S/c30-20-8-5-18(6-9-20)17-37-25-14-7-19-3-1-2-4-23(19)24(25)15-26-28(35)33(29(36)38-26)16-27(34)32-22-12-10-21(31)11-13-22/h1-15H,16-17H2,(H,32,34)/b26-15+. The zero-order valence-electron chi connectivity index (χ0n) is 19.8. The quantitative estimate of drug-likeness (QED) is 0.256. The van der Waals surface area contributed by atoms with E-state index >= 15 is 0 Å². The molecule has 1 aliphatic rings. The molecule has 0 aliphatic carbocycles. The second-order valence-corrected chi connectivity index (χ2v) is 9.87. The Kier molecular flexibility index (Phi) is 7.44. The minimum atomic E-state index is -0.578. The molecule has 1 aliphatic heterocycles. The molecular formula is C29H20ClFN2O4S. The Bertz CT molecular complexity index is 1570. The first-order valence-electron chi connectivity index (χ1n) is 11.6. The number of fused-ring (bicyclic) bond motifs is 1. The molecule has 1 saturated heterocycles. The third kappa shape index (κ3) is 5.72. The van der Waals surface area contributed by atoms with Crippen molar-refractivity contribution in [3.63, 3.8) is 0 Å². The number of hydrogen-bond acceptors (Lipinski definition) is 5. The van der Waals surface area contributed by atoms with Gasteiger partial charge in [-0.15, -0.1) is 0 Å². The number of hydrogen-bond donors (Lipinski definition) is 1. The first-order chi connectivity index (χ1) is 18.4. The fourth-order valence-corrected chi connectivity index (χ4v) is 4.88. The van der Waals surface area contributed by atoms with Gasteiger partial charge in [-0.05, 0) is 76.6 Å². The summed E-state index contributed by atoms with van der Waals surface area (Å²) in [7, 11) is 0. The van der Waals surface area contributed by atoms with E-state index in [1.54, 1.807) is 18.2 Å². The van der Waals surface area contributed by atoms with E-state index in [0.717, 1.165) is 33.0 Å². The third-order valence-electron chi connectivity index (χ3n) is 5.82. The predicted octanol–water partition coefficient (Wildman–Crippen LogP) is 6.89. The summed E-state index contributed by atoms with van der Waals surface area (Å²) >= 11 is 6.74. The molecule has 0 bridgehead atoms. The lowest BCUT2D eigenvalue weighted by Gasteiger charge is -2.13. The molecule has 0 radical (unpaired) electrons. The van der Waals surface area contributed by atoms with Crippen molar-refractivity contribution < 1.29 is 23.5 Å². The first kappa shape index (κ1) is 25.5. The van der Waals surface area contributed by atoms with Gasteiger partial charge in [-0.25, -0.2) is 4.39 Å². The summed E-state index contributed by atoms with van der Waals surface area (Å²) in [6, 6.07) is 23.9. The molecule has 0 spiro atoms. The molecule has 0 atom stereocenters. The Balaban J connectivity index is 1.39. The molecule has 1 N–H and O–H groups in total. The smallest absolute Gasteiger partial charge is 0.294 e. The maximum Gasteiger partial charge on any atom is 0.294 e. The number of ether oxygens (including phenoxy) is 1. The zero-order valence-corrected chi connectivity index (χ0v) is 21.4. The first-order valence-corrected chi connectivity index (χ1v) is 12.8. The number of carbonyl (C=O) groups excluding carboxylic acids is 3. The van der Waals surface area contributed by atoms with Crippen LogP contribution in [0.25, 0.3) is 16.8 Å². The van der Waals surface area contributed by atoms with Crippen LogP contribution in [0.4, 0.5) is 14.9 Å². The maximum atomic E-state index is 13.1. The number of carbonyl (C=O) groups is 3. The number of thioether (sulfide) groups is 1. The molecule has 4 aromatic carbocycles. The third-order valence-corrected chi connectivity index (χ3v) is 6.98. The predicted molar refractivity (Wildman–Crippen MR) is 147 cm³/mol. The monoisotopic (exact) mass is 546 g/mol. The average molecular weight is 547 g/mol. The molecule has 5 rings (SSSR count). The molecule has 0 aromatic heterocycles. The van der Waals surface area contributed by atoms with Gasteiger partial charge < -0.3 is 10.1 Å². The van der Waals surface area contributed by atoms with Crippen LogP contribution in [-0.2, 0) is 16.2 Å². The van der Waals surface area contributed by atoms with Gasteiger partial charge in [0.2, 0.25) is 5.91 Å². The normalized spacial score (nSPS) is 14.4. The number of benzene rings is 4. The minimum Gasteiger partial charge on any atom is -0.488 e. The van der Waals surface area contributed by atoms with Gasteiger partial charge in [-0.2, -0.15) is 0 Å². The van der Waals surface area contributed by atoms with E-state index in [4.69, 9.17) is 16.3 Å². The van der Waals surface area contributed by atoms with Crippen LogP contribution >= 0.6 is 23.4 Å². The lowest BCUT2D eigenvalue weighted by atomic mass is 10.0. The number of anilines is 1. The van der Waals surface area contributed by atoms with Gasteiger partial charge in [0.1, 0.15) is 24.7 Å². The fraction of sp³-hybridized carbons (Fsp3) is 0.0690. The molecule has 1 fully saturated rings. The topological polar surface area (TPSA) is 75.7 Å². The van der Waals surface area contributed by atoms with E-state index < -0.39 is 29.4 Å². The zero-order chi connectivity index (χ0) is 26.6. The summed E-state index contributed by atoms with van der Waals surface area (Å²) < 4.78 is 19.2. The van der Waals surface area contributed by atoms with Crippen molar-refractivity contribution in [1.82, 2.24) is 4.90 Å². The molecular weight excluding hydrogens is 527 g/mol. The van der Waals surface area contributed by atoms with Crippen LogP contribution in [0.15, 0.2) is 89.8 Å². The fourth-order valence-electron chi connectivity index (χ4n) is 3.94. The largest absolute Gasteiger partial charge is 0.488 e. The molecule has 0 saturated carbocycles. The van der Waals surface area contributed by atoms with Gasteiger partial charge >= 0.3 is 0 Å². The Labute approximate surface area is 227 Å². The van der Waals surface area contributed by atoms with Gasteiger partial charge in [0, 0.05) is 16.3 Å². The van der Waals surface area contributed by atoms with Crippen LogP contribution in [0.2, 0.25) is 5.02 Å². The highest BCUT2D eigenvalue weighted by atomic mass is 35.5. The highest BCUT2D eigenvalue weighted by molar-refractivity contribution is 8.18. The van der Waals surface area contributed by atoms with E-state index in [1.807, 2.05) is 48.5 Å². The van der Waals surface area contributed by atoms with Gasteiger partial charge in [0.05, 0.1) is 4.91 Å². The van der Waals surface area contributed by atoms with Crippen molar-refractivity contribution in [3.8, 4) is 5.75 Å². The van der Waals surface area contributed by atoms with Crippen molar-refractivity contribution in [2.75, 3.05) is 11.9 Å². The molecule has 3 amide bonds. The second-order valence-electron chi connectivity index (χ2n) is 8.44. The van der Waals surface area contributed by atoms with Gasteiger partial charge in [0.25, 0.3) is 11.1 Å². The molecule has 0 unspecified atom stereocenters. The molecule has 1 heterocycles. The summed E-state index contributed by atoms with van der Waals surface area (Å²) in [5.41, 5.74) is 1.93. The van der Waals surface area contributed by atoms with Crippen LogP contribution in [0, 0.1) is 5.82 Å². The Hall–Kier alpha value is -4.14. The van der Waals surface area contributed by atoms with Crippen molar-refractivity contribution in [3.05, 3.63) is 112 Å². The lowest BCUT2D eigenvalue weighted by molar-refractivity contribution is -0.127. The molecule has 9 heteroatoms. The van der Waals surface area contributed by atoms with Crippen LogP contribution < -0.4 is 10.1 Å². The van der Waals surface area contributed by atoms with E-state index in [1.165, 1.54) is 24.3 Å². The van der Waals surface area contributed by atoms with Crippen molar-refractivity contribution in [2.24, 2.45) is 0 Å². The van der Waals surface area contributed by atoms with Gasteiger partial charge in [-0.3, -0.25) is 19.3 Å². The highest BCUT2D eigenvalue weighted by Gasteiger charge is 2.36. The Morgan fingerprint density at radius 3 is 2.47 bits per heavy atom. The average Bonchev–Trinajstić information content (AvgIpc) is 3.17. The van der Waals surface area contributed by atoms with Crippen molar-refractivity contribution in [2.45, 2.75) is 6.61 Å². The number of imide groups is 1. The van der Waals surface area contributed by atoms with Crippen LogP contribution in [0.1, 0.15) is 11.1 Å². The van der Waals surface area contributed by atoms with Crippen LogP contribution in [-0.4, -0.2) is 28.5 Å². The van der Waals surface area contributed by atoms with Gasteiger partial charge in [0.15, 0.2) is 0 Å². The summed E-state index contributed by atoms with van der Waals surface area (Å²) in [5, 5.41) is 4.42. The minimum absolute atomic E-state index is 0.178. The number of rotatable bonds is 7. The SMILES string of the molecule is O=C(CN1C(=O)S/C(=C/c2c(OCc3ccc(Cl)cc3)ccc3ccccc23)C1=O)Nc1ccc(F)cc1. The maximum absolute atomic E-state index is 13.1. The number of amides is 3. The molecule has 4 aromatic rings. The lowest BCUT2D eigenvalue weighted by Crippen LogP contribution is -2.36. The van der Waals surface area contributed by atoms with Crippen LogP contribution in [0.3, 0.4) is 0 Å². The van der Waals surface area contributed by atoms with E-state index in [2.05, 4.69) is 5.32 Å².